The Morgan fingerprint density at radius 2 is 0.929 bits per heavy atom. The number of amides is 2. The summed E-state index contributed by atoms with van der Waals surface area (Å²) in [6, 6.07) is 0. The third-order valence-corrected chi connectivity index (χ3v) is 5.38. The molecule has 12 nitrogen and oxygen atoms in total. The lowest BCUT2D eigenvalue weighted by atomic mass is 10.5. The zero-order valence-electron chi connectivity index (χ0n) is 17.1. The van der Waals surface area contributed by atoms with Crippen molar-refractivity contribution >= 4 is 27.5 Å². The molecule has 0 saturated heterocycles. The number of hydrogen-bond acceptors (Lipinski definition) is 10. The Labute approximate surface area is 164 Å². The number of likely N-dealkylation sites (N-methyl/N-ethyl adjacent to an activating group) is 2. The Hall–Kier alpha value is -1.68. The largest absolute Gasteiger partial charge is 0.529 e. The molecule has 2 amide bonds. The van der Waals surface area contributed by atoms with Crippen molar-refractivity contribution in [3.05, 3.63) is 23.7 Å². The molecule has 0 aliphatic heterocycles. The van der Waals surface area contributed by atoms with E-state index in [2.05, 4.69) is 28.7 Å². The first-order valence-corrected chi connectivity index (χ1v) is 10.5. The van der Waals surface area contributed by atoms with Crippen LogP contribution in [0.5, 0.6) is 0 Å². The zero-order valence-corrected chi connectivity index (χ0v) is 18.9. The van der Waals surface area contributed by atoms with Crippen LogP contribution >= 0.6 is 15.6 Å². The van der Waals surface area contributed by atoms with E-state index in [9.17, 15) is 18.7 Å². The van der Waals surface area contributed by atoms with E-state index >= 15 is 0 Å². The molecule has 0 spiro atoms. The molecule has 0 atom stereocenters. The molecular weight excluding hydrogens is 418 g/mol. The van der Waals surface area contributed by atoms with Crippen LogP contribution in [0.1, 0.15) is 13.8 Å². The summed E-state index contributed by atoms with van der Waals surface area (Å²) in [7, 11) is 0.604. The van der Waals surface area contributed by atoms with Crippen LogP contribution in [-0.4, -0.2) is 54.3 Å². The minimum Gasteiger partial charge on any atom is -0.409 e. The topological polar surface area (TPSA) is 148 Å². The monoisotopic (exact) mass is 446 g/mol. The summed E-state index contributed by atoms with van der Waals surface area (Å²) in [5, 5.41) is 4.70. The van der Waals surface area contributed by atoms with Crippen LogP contribution < -0.4 is 10.6 Å². The van der Waals surface area contributed by atoms with Crippen LogP contribution in [0.3, 0.4) is 0 Å². The number of phosphoric ester groups is 2. The molecule has 0 unspecified atom stereocenters. The van der Waals surface area contributed by atoms with Crippen LogP contribution in [0, 0.1) is 0 Å². The van der Waals surface area contributed by atoms with Gasteiger partial charge in [0.15, 0.2) is 0 Å². The highest BCUT2D eigenvalue weighted by Gasteiger charge is 2.25. The Balaban J connectivity index is 0. The van der Waals surface area contributed by atoms with Crippen LogP contribution in [0.25, 0.3) is 0 Å². The minimum absolute atomic E-state index is 0.149. The smallest absolute Gasteiger partial charge is 0.409 e. The first kappa shape index (κ1) is 28.5. The van der Waals surface area contributed by atoms with E-state index in [1.165, 1.54) is 56.4 Å². The van der Waals surface area contributed by atoms with Crippen molar-refractivity contribution in [2.24, 2.45) is 0 Å². The summed E-state index contributed by atoms with van der Waals surface area (Å²) >= 11 is 0. The molecule has 0 rings (SSSR count). The maximum atomic E-state index is 11.4. The molecule has 0 bridgehead atoms. The van der Waals surface area contributed by atoms with Gasteiger partial charge >= 0.3 is 15.6 Å². The lowest BCUT2D eigenvalue weighted by Crippen LogP contribution is -2.15. The molecule has 0 aromatic carbocycles. The summed E-state index contributed by atoms with van der Waals surface area (Å²) < 4.78 is 50.5. The second kappa shape index (κ2) is 14.3. The molecular formula is C14H28N2O10P2. The molecule has 0 radical (unpaired) electrons. The van der Waals surface area contributed by atoms with Gasteiger partial charge in [-0.2, -0.15) is 0 Å². The van der Waals surface area contributed by atoms with E-state index in [0.717, 1.165) is 12.2 Å². The highest BCUT2D eigenvalue weighted by Crippen LogP contribution is 2.50. The van der Waals surface area contributed by atoms with Gasteiger partial charge in [-0.25, -0.2) is 9.13 Å². The average Bonchev–Trinajstić information content (AvgIpc) is 2.67. The van der Waals surface area contributed by atoms with E-state index in [1.54, 1.807) is 0 Å². The van der Waals surface area contributed by atoms with Gasteiger partial charge in [0.05, 0.1) is 0 Å². The predicted octanol–water partition coefficient (Wildman–Crippen LogP) is 2.11. The standard InChI is InChI=1S/2C7H14NO5P/c2*1-6(5-7(9)8-2)13-14(10,11-3)12-4/h2*5H,1-4H3,(H,8,9)/b2*6-5+. The fourth-order valence-electron chi connectivity index (χ4n) is 1.22. The van der Waals surface area contributed by atoms with Crippen LogP contribution in [0.2, 0.25) is 0 Å². The van der Waals surface area contributed by atoms with Crippen molar-refractivity contribution in [2.75, 3.05) is 42.5 Å². The fraction of sp³-hybridized carbons (Fsp3) is 0.571. The molecule has 0 saturated carbocycles. The third kappa shape index (κ3) is 12.7. The Morgan fingerprint density at radius 3 is 1.11 bits per heavy atom. The highest BCUT2D eigenvalue weighted by atomic mass is 31.2. The normalized spacial score (nSPS) is 12.4. The van der Waals surface area contributed by atoms with E-state index in [0.29, 0.717) is 0 Å². The molecule has 164 valence electrons. The third-order valence-electron chi connectivity index (χ3n) is 2.57. The molecule has 0 aliphatic carbocycles. The van der Waals surface area contributed by atoms with Gasteiger partial charge in [0, 0.05) is 54.7 Å². The van der Waals surface area contributed by atoms with Crippen molar-refractivity contribution in [3.63, 3.8) is 0 Å². The SMILES string of the molecule is CNC(=O)/C=C(\C)OP(=O)(OC)OC.CNC(=O)/C=C(\C)OP(=O)(OC)OC. The number of nitrogens with one attached hydrogen (secondary N) is 2. The number of rotatable bonds is 10. The molecule has 0 aromatic heterocycles. The molecule has 0 aromatic rings. The quantitative estimate of drug-likeness (QED) is 0.290. The number of phosphoric acid groups is 2. The van der Waals surface area contributed by atoms with E-state index in [4.69, 9.17) is 9.05 Å². The van der Waals surface area contributed by atoms with Gasteiger partial charge in [-0.05, 0) is 13.8 Å². The van der Waals surface area contributed by atoms with Gasteiger partial charge < -0.3 is 19.7 Å². The first-order chi connectivity index (χ1) is 12.9. The van der Waals surface area contributed by atoms with Crippen molar-refractivity contribution in [2.45, 2.75) is 13.8 Å². The van der Waals surface area contributed by atoms with Gasteiger partial charge in [-0.15, -0.1) is 0 Å². The second-order valence-electron chi connectivity index (χ2n) is 4.55. The predicted molar refractivity (Wildman–Crippen MR) is 101 cm³/mol. The van der Waals surface area contributed by atoms with Crippen LogP contribution in [0.4, 0.5) is 0 Å². The summed E-state index contributed by atoms with van der Waals surface area (Å²) in [5.74, 6) is -0.421. The lowest BCUT2D eigenvalue weighted by molar-refractivity contribution is -0.117. The van der Waals surface area contributed by atoms with Crippen molar-refractivity contribution < 1.29 is 45.9 Å². The van der Waals surface area contributed by atoms with Gasteiger partial charge in [0.1, 0.15) is 11.5 Å². The Bertz CT molecular complexity index is 591. The van der Waals surface area contributed by atoms with Crippen molar-refractivity contribution in [1.82, 2.24) is 10.6 Å². The number of allylic oxidation sites excluding steroid dienone is 2. The average molecular weight is 446 g/mol. The molecule has 0 aliphatic rings. The van der Waals surface area contributed by atoms with E-state index in [-0.39, 0.29) is 23.3 Å². The summed E-state index contributed by atoms with van der Waals surface area (Å²) in [6.07, 6.45) is 2.29. The van der Waals surface area contributed by atoms with Crippen LogP contribution in [-0.2, 0) is 45.9 Å². The van der Waals surface area contributed by atoms with E-state index < -0.39 is 15.6 Å². The lowest BCUT2D eigenvalue weighted by Gasteiger charge is -2.13. The van der Waals surface area contributed by atoms with Gasteiger partial charge in [0.25, 0.3) is 0 Å². The second-order valence-corrected chi connectivity index (χ2v) is 8.16. The van der Waals surface area contributed by atoms with Crippen molar-refractivity contribution in [3.8, 4) is 0 Å². The minimum atomic E-state index is -3.55. The highest BCUT2D eigenvalue weighted by molar-refractivity contribution is 7.48. The molecule has 28 heavy (non-hydrogen) atoms. The number of carbonyl (C=O) groups excluding carboxylic acids is 2. The fourth-order valence-corrected chi connectivity index (χ4v) is 2.62. The Morgan fingerprint density at radius 1 is 0.679 bits per heavy atom. The molecule has 2 N–H and O–H groups in total. The molecule has 14 heteroatoms. The zero-order chi connectivity index (χ0) is 22.4. The molecule has 0 fully saturated rings. The maximum Gasteiger partial charge on any atom is 0.529 e. The number of hydrogen-bond donors (Lipinski definition) is 2. The van der Waals surface area contributed by atoms with Gasteiger partial charge in [-0.1, -0.05) is 0 Å². The Kier molecular flexibility index (Phi) is 14.6. The van der Waals surface area contributed by atoms with Crippen LogP contribution in [0.15, 0.2) is 23.7 Å². The van der Waals surface area contributed by atoms with E-state index in [1.807, 2.05) is 0 Å². The number of carbonyl (C=O) groups is 2. The molecule has 0 heterocycles. The maximum absolute atomic E-state index is 11.4. The van der Waals surface area contributed by atoms with Crippen molar-refractivity contribution in [1.29, 1.82) is 0 Å². The summed E-state index contributed by atoms with van der Waals surface area (Å²) in [5.41, 5.74) is 0. The van der Waals surface area contributed by atoms with Gasteiger partial charge in [0.2, 0.25) is 11.8 Å². The first-order valence-electron chi connectivity index (χ1n) is 7.56. The summed E-state index contributed by atoms with van der Waals surface area (Å²) in [6.45, 7) is 2.94. The van der Waals surface area contributed by atoms with Gasteiger partial charge in [-0.3, -0.25) is 27.7 Å². The summed E-state index contributed by atoms with van der Waals surface area (Å²) in [4.78, 5) is 21.7.